The highest BCUT2D eigenvalue weighted by molar-refractivity contribution is 7.12. The third-order valence-corrected chi connectivity index (χ3v) is 4.34. The van der Waals surface area contributed by atoms with Crippen molar-refractivity contribution in [3.05, 3.63) is 52.0 Å². The van der Waals surface area contributed by atoms with Crippen molar-refractivity contribution in [1.82, 2.24) is 9.97 Å². The Hall–Kier alpha value is -1.94. The summed E-state index contributed by atoms with van der Waals surface area (Å²) >= 11 is 1.48. The fourth-order valence-corrected chi connectivity index (χ4v) is 2.96. The number of ketones is 1. The van der Waals surface area contributed by atoms with Gasteiger partial charge in [0.2, 0.25) is 5.78 Å². The van der Waals surface area contributed by atoms with Crippen molar-refractivity contribution in [3.63, 3.8) is 0 Å². The Bertz CT molecular complexity index is 754. The average molecular weight is 268 g/mol. The molecule has 0 spiro atoms. The van der Waals surface area contributed by atoms with E-state index in [0.717, 1.165) is 27.3 Å². The van der Waals surface area contributed by atoms with Gasteiger partial charge in [0.1, 0.15) is 5.82 Å². The maximum atomic E-state index is 12.3. The van der Waals surface area contributed by atoms with E-state index in [1.807, 2.05) is 35.7 Å². The molecule has 1 aromatic carbocycles. The smallest absolute Gasteiger partial charge is 0.203 e. The molecule has 0 atom stereocenters. The first-order valence-electron chi connectivity index (χ1n) is 6.39. The Morgan fingerprint density at radius 3 is 2.95 bits per heavy atom. The summed E-state index contributed by atoms with van der Waals surface area (Å²) in [6, 6.07) is 9.47. The van der Waals surface area contributed by atoms with Crippen molar-refractivity contribution in [2.24, 2.45) is 0 Å². The molecule has 0 radical (unpaired) electrons. The molecule has 0 unspecified atom stereocenters. The van der Waals surface area contributed by atoms with Crippen LogP contribution in [0.1, 0.15) is 39.8 Å². The minimum absolute atomic E-state index is 0.0828. The Morgan fingerprint density at radius 2 is 2.21 bits per heavy atom. The molecule has 0 aliphatic heterocycles. The van der Waals surface area contributed by atoms with E-state index in [1.165, 1.54) is 24.2 Å². The van der Waals surface area contributed by atoms with E-state index in [0.29, 0.717) is 5.92 Å². The second kappa shape index (κ2) is 4.03. The molecule has 0 saturated heterocycles. The molecule has 0 bridgehead atoms. The number of imidazole rings is 1. The van der Waals surface area contributed by atoms with Crippen LogP contribution in [0.3, 0.4) is 0 Å². The second-order valence-electron chi connectivity index (χ2n) is 4.93. The third-order valence-electron chi connectivity index (χ3n) is 3.47. The van der Waals surface area contributed by atoms with E-state index < -0.39 is 0 Å². The number of aromatic nitrogens is 2. The first-order chi connectivity index (χ1) is 9.31. The predicted octanol–water partition coefficient (Wildman–Crippen LogP) is 3.73. The summed E-state index contributed by atoms with van der Waals surface area (Å²) in [6.07, 6.45) is 2.45. The molecular weight excluding hydrogens is 256 g/mol. The number of carbonyl (C=O) groups is 1. The van der Waals surface area contributed by atoms with Crippen molar-refractivity contribution in [2.45, 2.75) is 18.8 Å². The number of aromatic amines is 1. The van der Waals surface area contributed by atoms with Crippen molar-refractivity contribution >= 4 is 28.2 Å². The molecule has 1 saturated carbocycles. The monoisotopic (exact) mass is 268 g/mol. The van der Waals surface area contributed by atoms with Gasteiger partial charge in [-0.05, 0) is 42.5 Å². The van der Waals surface area contributed by atoms with Gasteiger partial charge in [0, 0.05) is 11.5 Å². The number of H-pyrrole nitrogens is 1. The molecule has 1 aliphatic rings. The quantitative estimate of drug-likeness (QED) is 0.736. The summed E-state index contributed by atoms with van der Waals surface area (Å²) in [4.78, 5) is 21.0. The number of nitrogens with zero attached hydrogens (tertiary/aromatic N) is 1. The van der Waals surface area contributed by atoms with E-state index >= 15 is 0 Å². The molecule has 4 rings (SSSR count). The van der Waals surface area contributed by atoms with E-state index in [1.54, 1.807) is 0 Å². The Morgan fingerprint density at radius 1 is 1.32 bits per heavy atom. The predicted molar refractivity (Wildman–Crippen MR) is 75.8 cm³/mol. The van der Waals surface area contributed by atoms with Gasteiger partial charge in [0.15, 0.2) is 0 Å². The number of carbonyl (C=O) groups excluding carboxylic acids is 1. The molecule has 1 aliphatic carbocycles. The van der Waals surface area contributed by atoms with E-state index in [9.17, 15) is 4.79 Å². The summed E-state index contributed by atoms with van der Waals surface area (Å²) in [6.45, 7) is 0. The first kappa shape index (κ1) is 10.9. The topological polar surface area (TPSA) is 45.8 Å². The van der Waals surface area contributed by atoms with Gasteiger partial charge in [0.05, 0.1) is 15.9 Å². The van der Waals surface area contributed by atoms with Crippen LogP contribution < -0.4 is 0 Å². The third kappa shape index (κ3) is 1.88. The number of hydrogen-bond acceptors (Lipinski definition) is 3. The number of fused-ring (bicyclic) bond motifs is 1. The van der Waals surface area contributed by atoms with E-state index in [4.69, 9.17) is 0 Å². The highest BCUT2D eigenvalue weighted by atomic mass is 32.1. The first-order valence-corrected chi connectivity index (χ1v) is 7.27. The second-order valence-corrected chi connectivity index (χ2v) is 5.88. The molecule has 2 aromatic heterocycles. The van der Waals surface area contributed by atoms with Crippen molar-refractivity contribution < 1.29 is 4.79 Å². The molecule has 3 nitrogen and oxygen atoms in total. The van der Waals surface area contributed by atoms with Gasteiger partial charge >= 0.3 is 0 Å². The summed E-state index contributed by atoms with van der Waals surface area (Å²) in [5.41, 5.74) is 2.63. The zero-order valence-electron chi connectivity index (χ0n) is 10.2. The fourth-order valence-electron chi connectivity index (χ4n) is 2.27. The van der Waals surface area contributed by atoms with Gasteiger partial charge in [-0.3, -0.25) is 4.79 Å². The van der Waals surface area contributed by atoms with Gasteiger partial charge in [-0.2, -0.15) is 0 Å². The van der Waals surface area contributed by atoms with Crippen molar-refractivity contribution in [3.8, 4) is 0 Å². The highest BCUT2D eigenvalue weighted by Crippen LogP contribution is 2.39. The van der Waals surface area contributed by atoms with Crippen LogP contribution in [0, 0.1) is 0 Å². The molecule has 2 heterocycles. The highest BCUT2D eigenvalue weighted by Gasteiger charge is 2.26. The Balaban J connectivity index is 1.76. The summed E-state index contributed by atoms with van der Waals surface area (Å²) < 4.78 is 0. The molecule has 1 N–H and O–H groups in total. The van der Waals surface area contributed by atoms with Crippen LogP contribution in [0.25, 0.3) is 11.0 Å². The maximum absolute atomic E-state index is 12.3. The van der Waals surface area contributed by atoms with Crippen LogP contribution in [-0.2, 0) is 0 Å². The number of thiophene rings is 1. The molecule has 1 fully saturated rings. The van der Waals surface area contributed by atoms with E-state index in [-0.39, 0.29) is 5.78 Å². The zero-order valence-corrected chi connectivity index (χ0v) is 11.0. The van der Waals surface area contributed by atoms with Crippen molar-refractivity contribution in [1.29, 1.82) is 0 Å². The SMILES string of the molecule is O=C(c1ccc2nc(C3CC3)[nH]c2c1)c1cccs1. The number of nitrogens with one attached hydrogen (secondary N) is 1. The molecule has 0 amide bonds. The minimum atomic E-state index is 0.0828. The lowest BCUT2D eigenvalue weighted by Gasteiger charge is -1.97. The zero-order chi connectivity index (χ0) is 12.8. The molecule has 4 heteroatoms. The Labute approximate surface area is 114 Å². The largest absolute Gasteiger partial charge is 0.342 e. The van der Waals surface area contributed by atoms with Gasteiger partial charge < -0.3 is 4.98 Å². The average Bonchev–Trinajstić information content (AvgIpc) is 2.99. The van der Waals surface area contributed by atoms with Crippen LogP contribution >= 0.6 is 11.3 Å². The molecule has 19 heavy (non-hydrogen) atoms. The summed E-state index contributed by atoms with van der Waals surface area (Å²) in [7, 11) is 0. The van der Waals surface area contributed by atoms with Crippen molar-refractivity contribution in [2.75, 3.05) is 0 Å². The van der Waals surface area contributed by atoms with Crippen LogP contribution in [0.5, 0.6) is 0 Å². The standard InChI is InChI=1S/C15H12N2OS/c18-14(13-2-1-7-19-13)10-5-6-11-12(8-10)17-15(16-11)9-3-4-9/h1-2,5-9H,3-4H2,(H,16,17). The Kier molecular flexibility index (Phi) is 2.32. The van der Waals surface area contributed by atoms with Crippen LogP contribution in [-0.4, -0.2) is 15.8 Å². The lowest BCUT2D eigenvalue weighted by Crippen LogP contribution is -1.97. The molecule has 94 valence electrons. The molecular formula is C15H12N2OS. The van der Waals surface area contributed by atoms with Crippen LogP contribution in [0.2, 0.25) is 0 Å². The number of rotatable bonds is 3. The molecule has 3 aromatic rings. The van der Waals surface area contributed by atoms with Crippen LogP contribution in [0.15, 0.2) is 35.7 Å². The van der Waals surface area contributed by atoms with Crippen LogP contribution in [0.4, 0.5) is 0 Å². The van der Waals surface area contributed by atoms with Gasteiger partial charge in [0.25, 0.3) is 0 Å². The lowest BCUT2D eigenvalue weighted by molar-refractivity contribution is 0.104. The normalized spacial score (nSPS) is 14.9. The fraction of sp³-hybridized carbons (Fsp3) is 0.200. The van der Waals surface area contributed by atoms with Gasteiger partial charge in [-0.1, -0.05) is 6.07 Å². The lowest BCUT2D eigenvalue weighted by atomic mass is 10.1. The summed E-state index contributed by atoms with van der Waals surface area (Å²) in [5, 5.41) is 1.92. The van der Waals surface area contributed by atoms with Gasteiger partial charge in [-0.25, -0.2) is 4.98 Å². The maximum Gasteiger partial charge on any atom is 0.203 e. The minimum Gasteiger partial charge on any atom is -0.342 e. The van der Waals surface area contributed by atoms with E-state index in [2.05, 4.69) is 9.97 Å². The number of benzene rings is 1. The summed E-state index contributed by atoms with van der Waals surface area (Å²) in [5.74, 6) is 1.75. The van der Waals surface area contributed by atoms with Gasteiger partial charge in [-0.15, -0.1) is 11.3 Å². The number of hydrogen-bond donors (Lipinski definition) is 1.